The normalized spacial score (nSPS) is 25.9. The van der Waals surface area contributed by atoms with Gasteiger partial charge in [0.15, 0.2) is 0 Å². The zero-order valence-corrected chi connectivity index (χ0v) is 9.50. The molecule has 2 atom stereocenters. The van der Waals surface area contributed by atoms with Gasteiger partial charge in [-0.15, -0.1) is 0 Å². The van der Waals surface area contributed by atoms with Gasteiger partial charge >= 0.3 is 0 Å². The smallest absolute Gasteiger partial charge is 0.0693 e. The lowest BCUT2D eigenvalue weighted by atomic mass is 9.89. The molecule has 0 aromatic heterocycles. The molecule has 0 heterocycles. The van der Waals surface area contributed by atoms with E-state index in [1.165, 1.54) is 5.56 Å². The topological polar surface area (TPSA) is 32.3 Å². The van der Waals surface area contributed by atoms with E-state index in [4.69, 9.17) is 0 Å². The maximum absolute atomic E-state index is 9.36. The summed E-state index contributed by atoms with van der Waals surface area (Å²) in [5.41, 5.74) is 1.26. The molecule has 2 nitrogen and oxygen atoms in total. The van der Waals surface area contributed by atoms with E-state index in [0.29, 0.717) is 6.04 Å². The Morgan fingerprint density at radius 2 is 2.00 bits per heavy atom. The van der Waals surface area contributed by atoms with E-state index in [-0.39, 0.29) is 6.10 Å². The van der Waals surface area contributed by atoms with E-state index in [1.807, 2.05) is 12.1 Å². The van der Waals surface area contributed by atoms with Crippen molar-refractivity contribution in [3.05, 3.63) is 34.3 Å². The van der Waals surface area contributed by atoms with Crippen molar-refractivity contribution < 1.29 is 5.11 Å². The SMILES string of the molecule is O[C@@H]1CC[C@H]1NCc1ccc(Br)cc1. The number of hydrogen-bond acceptors (Lipinski definition) is 2. The number of halogens is 1. The van der Waals surface area contributed by atoms with Crippen LogP contribution in [0.15, 0.2) is 28.7 Å². The van der Waals surface area contributed by atoms with Crippen molar-refractivity contribution in [3.8, 4) is 0 Å². The lowest BCUT2D eigenvalue weighted by Gasteiger charge is -2.33. The van der Waals surface area contributed by atoms with E-state index < -0.39 is 0 Å². The number of nitrogens with one attached hydrogen (secondary N) is 1. The molecule has 1 aromatic rings. The Balaban J connectivity index is 1.83. The molecule has 0 saturated heterocycles. The van der Waals surface area contributed by atoms with Gasteiger partial charge in [-0.05, 0) is 30.5 Å². The first-order valence-electron chi connectivity index (χ1n) is 4.91. The second kappa shape index (κ2) is 4.43. The highest BCUT2D eigenvalue weighted by Crippen LogP contribution is 2.20. The highest BCUT2D eigenvalue weighted by molar-refractivity contribution is 9.10. The summed E-state index contributed by atoms with van der Waals surface area (Å²) >= 11 is 3.40. The number of aliphatic hydroxyl groups is 1. The quantitative estimate of drug-likeness (QED) is 0.867. The van der Waals surface area contributed by atoms with Crippen LogP contribution in [0, 0.1) is 0 Å². The summed E-state index contributed by atoms with van der Waals surface area (Å²) in [6.07, 6.45) is 1.90. The molecule has 1 saturated carbocycles. The summed E-state index contributed by atoms with van der Waals surface area (Å²) in [6, 6.07) is 8.55. The highest BCUT2D eigenvalue weighted by atomic mass is 79.9. The molecule has 14 heavy (non-hydrogen) atoms. The van der Waals surface area contributed by atoms with Gasteiger partial charge in [-0.1, -0.05) is 28.1 Å². The predicted molar refractivity (Wildman–Crippen MR) is 60.0 cm³/mol. The van der Waals surface area contributed by atoms with Crippen molar-refractivity contribution in [2.24, 2.45) is 0 Å². The van der Waals surface area contributed by atoms with Crippen LogP contribution < -0.4 is 5.32 Å². The third-order valence-electron chi connectivity index (χ3n) is 2.72. The Kier molecular flexibility index (Phi) is 3.21. The van der Waals surface area contributed by atoms with E-state index in [9.17, 15) is 5.11 Å². The fraction of sp³-hybridized carbons (Fsp3) is 0.455. The van der Waals surface area contributed by atoms with Crippen LogP contribution in [0.3, 0.4) is 0 Å². The fourth-order valence-corrected chi connectivity index (χ4v) is 1.84. The van der Waals surface area contributed by atoms with Gasteiger partial charge < -0.3 is 10.4 Å². The first kappa shape index (κ1) is 10.1. The van der Waals surface area contributed by atoms with Crippen LogP contribution in [-0.4, -0.2) is 17.3 Å². The van der Waals surface area contributed by atoms with Crippen LogP contribution in [0.1, 0.15) is 18.4 Å². The van der Waals surface area contributed by atoms with Crippen molar-refractivity contribution >= 4 is 15.9 Å². The molecule has 1 fully saturated rings. The van der Waals surface area contributed by atoms with Gasteiger partial charge in [-0.2, -0.15) is 0 Å². The Labute approximate surface area is 92.5 Å². The minimum Gasteiger partial charge on any atom is -0.392 e. The summed E-state index contributed by atoms with van der Waals surface area (Å²) in [5, 5.41) is 12.7. The van der Waals surface area contributed by atoms with Crippen LogP contribution in [0.4, 0.5) is 0 Å². The van der Waals surface area contributed by atoms with Crippen molar-refractivity contribution in [1.29, 1.82) is 0 Å². The Morgan fingerprint density at radius 3 is 2.50 bits per heavy atom. The highest BCUT2D eigenvalue weighted by Gasteiger charge is 2.27. The molecule has 0 bridgehead atoms. The second-order valence-electron chi connectivity index (χ2n) is 3.76. The standard InChI is InChI=1S/C11H14BrNO/c12-9-3-1-8(2-4-9)7-13-10-5-6-11(10)14/h1-4,10-11,13-14H,5-7H2/t10-,11-/m1/s1. The fourth-order valence-electron chi connectivity index (χ4n) is 1.57. The first-order valence-corrected chi connectivity index (χ1v) is 5.71. The molecule has 0 radical (unpaired) electrons. The molecule has 0 spiro atoms. The maximum atomic E-state index is 9.36. The second-order valence-corrected chi connectivity index (χ2v) is 4.67. The van der Waals surface area contributed by atoms with Gasteiger partial charge in [0.25, 0.3) is 0 Å². The molecule has 1 aliphatic carbocycles. The van der Waals surface area contributed by atoms with Gasteiger partial charge in [0.05, 0.1) is 6.10 Å². The number of hydrogen-bond donors (Lipinski definition) is 2. The Hall–Kier alpha value is -0.380. The van der Waals surface area contributed by atoms with E-state index in [1.54, 1.807) is 0 Å². The van der Waals surface area contributed by atoms with E-state index in [2.05, 4.69) is 33.4 Å². The molecule has 3 heteroatoms. The monoisotopic (exact) mass is 255 g/mol. The number of benzene rings is 1. The van der Waals surface area contributed by atoms with Gasteiger partial charge in [-0.25, -0.2) is 0 Å². The maximum Gasteiger partial charge on any atom is 0.0693 e. The van der Waals surface area contributed by atoms with E-state index in [0.717, 1.165) is 23.9 Å². The van der Waals surface area contributed by atoms with Gasteiger partial charge in [0, 0.05) is 17.1 Å². The minimum atomic E-state index is -0.134. The average Bonchev–Trinajstić information content (AvgIpc) is 2.19. The summed E-state index contributed by atoms with van der Waals surface area (Å²) in [5.74, 6) is 0. The zero-order chi connectivity index (χ0) is 9.97. The lowest BCUT2D eigenvalue weighted by molar-refractivity contribution is 0.0493. The lowest BCUT2D eigenvalue weighted by Crippen LogP contribution is -2.47. The Morgan fingerprint density at radius 1 is 1.29 bits per heavy atom. The largest absolute Gasteiger partial charge is 0.392 e. The minimum absolute atomic E-state index is 0.134. The molecule has 0 unspecified atom stereocenters. The third-order valence-corrected chi connectivity index (χ3v) is 3.25. The van der Waals surface area contributed by atoms with Crippen molar-refractivity contribution in [2.45, 2.75) is 31.5 Å². The average molecular weight is 256 g/mol. The summed E-state index contributed by atoms with van der Waals surface area (Å²) in [4.78, 5) is 0. The van der Waals surface area contributed by atoms with Crippen molar-refractivity contribution in [3.63, 3.8) is 0 Å². The third kappa shape index (κ3) is 2.35. The summed E-state index contributed by atoms with van der Waals surface area (Å²) in [6.45, 7) is 0.842. The molecule has 0 aliphatic heterocycles. The number of rotatable bonds is 3. The van der Waals surface area contributed by atoms with Gasteiger partial charge in [0.2, 0.25) is 0 Å². The van der Waals surface area contributed by atoms with E-state index >= 15 is 0 Å². The summed E-state index contributed by atoms with van der Waals surface area (Å²) in [7, 11) is 0. The van der Waals surface area contributed by atoms with Crippen LogP contribution in [-0.2, 0) is 6.54 Å². The van der Waals surface area contributed by atoms with Gasteiger partial charge in [-0.3, -0.25) is 0 Å². The molecule has 76 valence electrons. The molecule has 1 aromatic carbocycles. The molecule has 0 amide bonds. The summed E-state index contributed by atoms with van der Waals surface area (Å²) < 4.78 is 1.10. The van der Waals surface area contributed by atoms with Gasteiger partial charge in [0.1, 0.15) is 0 Å². The van der Waals surface area contributed by atoms with Crippen LogP contribution >= 0.6 is 15.9 Å². The van der Waals surface area contributed by atoms with Crippen molar-refractivity contribution in [1.82, 2.24) is 5.32 Å². The Bertz CT molecular complexity index is 299. The van der Waals surface area contributed by atoms with Crippen LogP contribution in [0.2, 0.25) is 0 Å². The van der Waals surface area contributed by atoms with Crippen molar-refractivity contribution in [2.75, 3.05) is 0 Å². The molecular weight excluding hydrogens is 242 g/mol. The van der Waals surface area contributed by atoms with Crippen LogP contribution in [0.25, 0.3) is 0 Å². The van der Waals surface area contributed by atoms with Crippen LogP contribution in [0.5, 0.6) is 0 Å². The molecule has 2 rings (SSSR count). The molecular formula is C11H14BrNO. The predicted octanol–water partition coefficient (Wildman–Crippen LogP) is 2.06. The molecule has 1 aliphatic rings. The first-order chi connectivity index (χ1) is 6.75. The molecule has 2 N–H and O–H groups in total. The zero-order valence-electron chi connectivity index (χ0n) is 7.91. The number of aliphatic hydroxyl groups excluding tert-OH is 1.